The largest absolute Gasteiger partial charge is 0.357 e. The van der Waals surface area contributed by atoms with Crippen molar-refractivity contribution in [3.05, 3.63) is 60.2 Å². The zero-order chi connectivity index (χ0) is 20.1. The number of amides is 1. The van der Waals surface area contributed by atoms with Gasteiger partial charge in [0.25, 0.3) is 15.9 Å². The van der Waals surface area contributed by atoms with Crippen molar-refractivity contribution >= 4 is 38.9 Å². The molecule has 0 heterocycles. The minimum Gasteiger partial charge on any atom is -0.357 e. The second kappa shape index (κ2) is 8.36. The van der Waals surface area contributed by atoms with Gasteiger partial charge in [0.15, 0.2) is 5.11 Å². The second-order valence-electron chi connectivity index (χ2n) is 6.78. The van der Waals surface area contributed by atoms with Crippen LogP contribution in [0.25, 0.3) is 0 Å². The van der Waals surface area contributed by atoms with Crippen LogP contribution in [-0.2, 0) is 10.0 Å². The monoisotopic (exact) mass is 406 g/mol. The van der Waals surface area contributed by atoms with Crippen molar-refractivity contribution in [2.75, 3.05) is 4.72 Å². The van der Waals surface area contributed by atoms with Crippen LogP contribution in [0.5, 0.6) is 0 Å². The van der Waals surface area contributed by atoms with E-state index in [9.17, 15) is 13.2 Å². The maximum atomic E-state index is 12.4. The molecule has 1 amide bonds. The molecular weight excluding hydrogens is 384 g/mol. The van der Waals surface area contributed by atoms with Crippen LogP contribution in [0.1, 0.15) is 31.1 Å². The fourth-order valence-electron chi connectivity index (χ4n) is 2.06. The summed E-state index contributed by atoms with van der Waals surface area (Å²) in [6.07, 6.45) is 0. The van der Waals surface area contributed by atoms with Gasteiger partial charge in [-0.2, -0.15) is 0 Å². The number of para-hydroxylation sites is 1. The third kappa shape index (κ3) is 6.54. The highest BCUT2D eigenvalue weighted by Gasteiger charge is 2.16. The van der Waals surface area contributed by atoms with Crippen LogP contribution in [0, 0.1) is 0 Å². The SMILES string of the molecule is CC(C)(C)NC(=S)NNC(=O)c1ccc(S(=O)(=O)Nc2ccccc2)cc1. The van der Waals surface area contributed by atoms with Gasteiger partial charge in [-0.25, -0.2) is 8.42 Å². The Kier molecular flexibility index (Phi) is 6.40. The lowest BCUT2D eigenvalue weighted by Gasteiger charge is -2.23. The Morgan fingerprint density at radius 2 is 1.52 bits per heavy atom. The summed E-state index contributed by atoms with van der Waals surface area (Å²) in [6, 6.07) is 14.2. The highest BCUT2D eigenvalue weighted by molar-refractivity contribution is 7.92. The first-order chi connectivity index (χ1) is 12.6. The molecule has 144 valence electrons. The van der Waals surface area contributed by atoms with E-state index in [1.807, 2.05) is 20.8 Å². The van der Waals surface area contributed by atoms with Crippen molar-refractivity contribution in [2.45, 2.75) is 31.2 Å². The predicted octanol–water partition coefficient (Wildman–Crippen LogP) is 2.39. The molecule has 0 aliphatic heterocycles. The lowest BCUT2D eigenvalue weighted by Crippen LogP contribution is -2.52. The van der Waals surface area contributed by atoms with Crippen LogP contribution in [0.3, 0.4) is 0 Å². The highest BCUT2D eigenvalue weighted by atomic mass is 32.2. The molecule has 7 nitrogen and oxygen atoms in total. The average molecular weight is 407 g/mol. The number of benzene rings is 2. The summed E-state index contributed by atoms with van der Waals surface area (Å²) in [4.78, 5) is 12.2. The number of hydrogen-bond donors (Lipinski definition) is 4. The predicted molar refractivity (Wildman–Crippen MR) is 110 cm³/mol. The third-order valence-corrected chi connectivity index (χ3v) is 4.83. The molecular formula is C18H22N4O3S2. The molecule has 2 rings (SSSR count). The van der Waals surface area contributed by atoms with Crippen molar-refractivity contribution in [1.29, 1.82) is 0 Å². The number of carbonyl (C=O) groups excluding carboxylic acids is 1. The van der Waals surface area contributed by atoms with Crippen molar-refractivity contribution in [3.8, 4) is 0 Å². The van der Waals surface area contributed by atoms with Crippen molar-refractivity contribution in [2.24, 2.45) is 0 Å². The molecule has 0 radical (unpaired) electrons. The molecule has 9 heteroatoms. The van der Waals surface area contributed by atoms with Gasteiger partial charge in [-0.15, -0.1) is 0 Å². The maximum absolute atomic E-state index is 12.4. The van der Waals surface area contributed by atoms with Gasteiger partial charge in [0.05, 0.1) is 4.90 Å². The van der Waals surface area contributed by atoms with Gasteiger partial charge < -0.3 is 5.32 Å². The zero-order valence-corrected chi connectivity index (χ0v) is 16.9. The highest BCUT2D eigenvalue weighted by Crippen LogP contribution is 2.16. The number of rotatable bonds is 4. The summed E-state index contributed by atoms with van der Waals surface area (Å²) >= 11 is 5.08. The van der Waals surface area contributed by atoms with Crippen molar-refractivity contribution in [1.82, 2.24) is 16.2 Å². The first kappa shape index (κ1) is 20.7. The number of sulfonamides is 1. The summed E-state index contributed by atoms with van der Waals surface area (Å²) in [6.45, 7) is 5.81. The summed E-state index contributed by atoms with van der Waals surface area (Å²) in [5, 5.41) is 3.28. The Balaban J connectivity index is 1.99. The molecule has 0 aromatic heterocycles. The Bertz CT molecular complexity index is 906. The van der Waals surface area contributed by atoms with Gasteiger partial charge in [-0.05, 0) is 69.4 Å². The van der Waals surface area contributed by atoms with E-state index in [0.29, 0.717) is 11.3 Å². The van der Waals surface area contributed by atoms with E-state index in [4.69, 9.17) is 12.2 Å². The fourth-order valence-corrected chi connectivity index (χ4v) is 3.48. The molecule has 0 saturated heterocycles. The molecule has 2 aromatic rings. The van der Waals surface area contributed by atoms with Crippen LogP contribution in [0.4, 0.5) is 5.69 Å². The van der Waals surface area contributed by atoms with E-state index in [1.54, 1.807) is 30.3 Å². The second-order valence-corrected chi connectivity index (χ2v) is 8.87. The lowest BCUT2D eigenvalue weighted by atomic mass is 10.1. The van der Waals surface area contributed by atoms with Crippen LogP contribution in [0.15, 0.2) is 59.5 Å². The first-order valence-electron chi connectivity index (χ1n) is 8.13. The molecule has 0 aliphatic carbocycles. The summed E-state index contributed by atoms with van der Waals surface area (Å²) in [7, 11) is -3.73. The molecule has 0 saturated carbocycles. The summed E-state index contributed by atoms with van der Waals surface area (Å²) in [5.74, 6) is -0.437. The minimum absolute atomic E-state index is 0.0563. The van der Waals surface area contributed by atoms with E-state index in [-0.39, 0.29) is 15.5 Å². The molecule has 0 unspecified atom stereocenters. The summed E-state index contributed by atoms with van der Waals surface area (Å²) in [5.41, 5.74) is 5.58. The van der Waals surface area contributed by atoms with Crippen LogP contribution >= 0.6 is 12.2 Å². The minimum atomic E-state index is -3.73. The summed E-state index contributed by atoms with van der Waals surface area (Å²) < 4.78 is 27.2. The molecule has 0 aliphatic rings. The van der Waals surface area contributed by atoms with Gasteiger partial charge in [0, 0.05) is 16.8 Å². The Hall–Kier alpha value is -2.65. The van der Waals surface area contributed by atoms with E-state index in [0.717, 1.165) is 0 Å². The Morgan fingerprint density at radius 3 is 2.07 bits per heavy atom. The van der Waals surface area contributed by atoms with Gasteiger partial charge in [0.2, 0.25) is 0 Å². The van der Waals surface area contributed by atoms with Gasteiger partial charge >= 0.3 is 0 Å². The van der Waals surface area contributed by atoms with Gasteiger partial charge in [-0.3, -0.25) is 20.4 Å². The first-order valence-corrected chi connectivity index (χ1v) is 10.0. The lowest BCUT2D eigenvalue weighted by molar-refractivity contribution is 0.0943. The number of anilines is 1. The smallest absolute Gasteiger partial charge is 0.269 e. The Morgan fingerprint density at radius 1 is 0.926 bits per heavy atom. The third-order valence-electron chi connectivity index (χ3n) is 3.23. The van der Waals surface area contributed by atoms with E-state index < -0.39 is 15.9 Å². The number of hydrogen-bond acceptors (Lipinski definition) is 4. The normalized spacial score (nSPS) is 11.4. The fraction of sp³-hybridized carbons (Fsp3) is 0.222. The van der Waals surface area contributed by atoms with Crippen molar-refractivity contribution in [3.63, 3.8) is 0 Å². The maximum Gasteiger partial charge on any atom is 0.269 e. The quantitative estimate of drug-likeness (QED) is 0.460. The molecule has 27 heavy (non-hydrogen) atoms. The molecule has 0 atom stereocenters. The molecule has 4 N–H and O–H groups in total. The van der Waals surface area contributed by atoms with E-state index >= 15 is 0 Å². The molecule has 0 bridgehead atoms. The molecule has 0 spiro atoms. The topological polar surface area (TPSA) is 99.3 Å². The van der Waals surface area contributed by atoms with Gasteiger partial charge in [0.1, 0.15) is 0 Å². The standard InChI is InChI=1S/C18H22N4O3S2/c1-18(2,3)19-17(26)21-20-16(23)13-9-11-15(12-10-13)27(24,25)22-14-7-5-4-6-8-14/h4-12,22H,1-3H3,(H,20,23)(H2,19,21,26). The van der Waals surface area contributed by atoms with Crippen molar-refractivity contribution < 1.29 is 13.2 Å². The van der Waals surface area contributed by atoms with E-state index in [1.165, 1.54) is 24.3 Å². The number of carbonyl (C=O) groups is 1. The van der Waals surface area contributed by atoms with Crippen LogP contribution < -0.4 is 20.9 Å². The number of hydrazine groups is 1. The number of thiocarbonyl (C=S) groups is 1. The zero-order valence-electron chi connectivity index (χ0n) is 15.2. The number of nitrogens with one attached hydrogen (secondary N) is 4. The van der Waals surface area contributed by atoms with Crippen LogP contribution in [-0.4, -0.2) is 25.0 Å². The average Bonchev–Trinajstić information content (AvgIpc) is 2.59. The van der Waals surface area contributed by atoms with Crippen LogP contribution in [0.2, 0.25) is 0 Å². The van der Waals surface area contributed by atoms with E-state index in [2.05, 4.69) is 20.9 Å². The van der Waals surface area contributed by atoms with Gasteiger partial charge in [-0.1, -0.05) is 18.2 Å². The molecule has 0 fully saturated rings. The Labute approximate surface area is 164 Å². The molecule has 2 aromatic carbocycles.